The van der Waals surface area contributed by atoms with Crippen LogP contribution in [0, 0.1) is 0 Å². The van der Waals surface area contributed by atoms with Gasteiger partial charge < -0.3 is 43.8 Å². The van der Waals surface area contributed by atoms with E-state index in [4.69, 9.17) is 0 Å². The molecule has 4 nitrogen and oxygen atoms in total. The summed E-state index contributed by atoms with van der Waals surface area (Å²) in [5.41, 5.74) is 7.91. The number of hydrogen-bond donors (Lipinski definition) is 0. The Bertz CT molecular complexity index is 1220. The van der Waals surface area contributed by atoms with Crippen LogP contribution in [0.3, 0.4) is 0 Å². The van der Waals surface area contributed by atoms with Gasteiger partial charge in [-0.3, -0.25) is 0 Å². The number of pyridine rings is 2. The Labute approximate surface area is 260 Å². The zero-order valence-electron chi connectivity index (χ0n) is 23.3. The monoisotopic (exact) mass is 662 g/mol. The van der Waals surface area contributed by atoms with Gasteiger partial charge in [-0.05, 0) is 61.8 Å². The third kappa shape index (κ3) is 7.73. The third-order valence-electron chi connectivity index (χ3n) is 8.11. The summed E-state index contributed by atoms with van der Waals surface area (Å²) < 4.78 is 4.57. The Morgan fingerprint density at radius 1 is 0.475 bits per heavy atom. The van der Waals surface area contributed by atoms with Crippen LogP contribution in [0.4, 0.5) is 11.4 Å². The van der Waals surface area contributed by atoms with Gasteiger partial charge in [0.15, 0.2) is 37.9 Å². The molecule has 0 atom stereocenters. The molecular weight excluding hydrogens is 624 g/mol. The molecule has 0 radical (unpaired) electrons. The van der Waals surface area contributed by atoms with E-state index >= 15 is 0 Å². The van der Waals surface area contributed by atoms with Crippen molar-refractivity contribution in [2.75, 3.05) is 36.0 Å². The minimum atomic E-state index is 0. The van der Waals surface area contributed by atoms with Crippen molar-refractivity contribution in [1.29, 1.82) is 0 Å². The van der Waals surface area contributed by atoms with E-state index in [0.29, 0.717) is 0 Å². The molecule has 40 heavy (non-hydrogen) atoms. The van der Waals surface area contributed by atoms with Crippen LogP contribution in [0.2, 0.25) is 0 Å². The number of piperidine rings is 2. The molecule has 0 saturated carbocycles. The van der Waals surface area contributed by atoms with E-state index in [1.54, 1.807) is 0 Å². The summed E-state index contributed by atoms with van der Waals surface area (Å²) >= 11 is 0. The Kier molecular flexibility index (Phi) is 11.2. The van der Waals surface area contributed by atoms with E-state index in [9.17, 15) is 0 Å². The average Bonchev–Trinajstić information content (AvgIpc) is 2.99. The largest absolute Gasteiger partial charge is 1.00 e. The first-order valence-corrected chi connectivity index (χ1v) is 14.5. The number of rotatable bonds is 7. The van der Waals surface area contributed by atoms with Crippen molar-refractivity contribution in [2.45, 2.75) is 51.6 Å². The standard InChI is InChI=1S/C34H40N4.2BrH/c1-3-17-37(18-4-1)33-13-21-35(22-14-33)27-29-9-7-11-31(25-29)32-12-8-10-30(26-32)28-36-23-15-34(16-24-36)38-19-5-2-6-20-38;;/h7-16,21-26H,1-6,17-20,27-28H2;2*1H/q+2;;/p-2. The first-order valence-electron chi connectivity index (χ1n) is 14.5. The number of nitrogens with zero attached hydrogens (tertiary/aromatic N) is 4. The van der Waals surface area contributed by atoms with E-state index in [0.717, 1.165) is 13.1 Å². The molecule has 6 rings (SSSR count). The lowest BCUT2D eigenvalue weighted by atomic mass is 10.0. The average molecular weight is 665 g/mol. The van der Waals surface area contributed by atoms with Gasteiger partial charge in [-0.25, -0.2) is 9.13 Å². The third-order valence-corrected chi connectivity index (χ3v) is 8.11. The summed E-state index contributed by atoms with van der Waals surface area (Å²) in [6, 6.07) is 27.1. The molecule has 0 aliphatic carbocycles. The zero-order chi connectivity index (χ0) is 25.6. The Morgan fingerprint density at radius 2 is 0.850 bits per heavy atom. The first-order chi connectivity index (χ1) is 18.8. The molecule has 6 heteroatoms. The summed E-state index contributed by atoms with van der Waals surface area (Å²) in [4.78, 5) is 5.03. The van der Waals surface area contributed by atoms with Crippen molar-refractivity contribution in [1.82, 2.24) is 0 Å². The van der Waals surface area contributed by atoms with Gasteiger partial charge in [0.25, 0.3) is 0 Å². The van der Waals surface area contributed by atoms with Crippen molar-refractivity contribution >= 4 is 11.4 Å². The van der Waals surface area contributed by atoms with Crippen LogP contribution < -0.4 is 52.9 Å². The van der Waals surface area contributed by atoms with Gasteiger partial charge >= 0.3 is 0 Å². The predicted octanol–water partition coefficient (Wildman–Crippen LogP) is 0.0138. The molecule has 0 N–H and O–H groups in total. The number of benzene rings is 2. The fraction of sp³-hybridized carbons (Fsp3) is 0.353. The van der Waals surface area contributed by atoms with Crippen molar-refractivity contribution in [3.8, 4) is 11.1 Å². The molecule has 0 amide bonds. The van der Waals surface area contributed by atoms with Gasteiger partial charge in [-0.1, -0.05) is 36.4 Å². The fourth-order valence-corrected chi connectivity index (χ4v) is 5.96. The molecule has 2 aliphatic heterocycles. The molecule has 2 saturated heterocycles. The SMILES string of the molecule is [Br-].[Br-].c1cc(C[n+]2ccc(N3CCCCC3)cc2)cc(-c2cccc(C[n+]3ccc(N4CCCCC4)cc3)c2)c1. The maximum absolute atomic E-state index is 2.52. The van der Waals surface area contributed by atoms with Gasteiger partial charge in [0.05, 0.1) is 0 Å². The maximum Gasteiger partial charge on any atom is 0.173 e. The van der Waals surface area contributed by atoms with E-state index in [1.807, 2.05) is 0 Å². The Hall–Kier alpha value is -2.70. The van der Waals surface area contributed by atoms with E-state index in [1.165, 1.54) is 98.3 Å². The van der Waals surface area contributed by atoms with Crippen LogP contribution in [0.5, 0.6) is 0 Å². The second-order valence-corrected chi connectivity index (χ2v) is 11.0. The summed E-state index contributed by atoms with van der Waals surface area (Å²) in [5.74, 6) is 0. The molecule has 4 heterocycles. The lowest BCUT2D eigenvalue weighted by Crippen LogP contribution is -3.00. The molecule has 0 bridgehead atoms. The fourth-order valence-electron chi connectivity index (χ4n) is 5.96. The molecule has 4 aromatic rings. The summed E-state index contributed by atoms with van der Waals surface area (Å²) in [6.07, 6.45) is 16.9. The molecule has 2 aromatic carbocycles. The van der Waals surface area contributed by atoms with Gasteiger partial charge in [0.1, 0.15) is 0 Å². The van der Waals surface area contributed by atoms with Crippen LogP contribution in [0.1, 0.15) is 49.7 Å². The Balaban J connectivity index is 0.00000185. The normalized spacial score (nSPS) is 15.2. The summed E-state index contributed by atoms with van der Waals surface area (Å²) in [5, 5.41) is 0. The highest BCUT2D eigenvalue weighted by atomic mass is 79.9. The van der Waals surface area contributed by atoms with Crippen LogP contribution in [-0.2, 0) is 13.1 Å². The lowest BCUT2D eigenvalue weighted by molar-refractivity contribution is -0.688. The zero-order valence-corrected chi connectivity index (χ0v) is 26.4. The molecule has 210 valence electrons. The second-order valence-electron chi connectivity index (χ2n) is 11.0. The number of anilines is 2. The lowest BCUT2D eigenvalue weighted by Gasteiger charge is -2.28. The highest BCUT2D eigenvalue weighted by Crippen LogP contribution is 2.23. The molecule has 2 aromatic heterocycles. The smallest absolute Gasteiger partial charge is 0.173 e. The maximum atomic E-state index is 2.52. The summed E-state index contributed by atoms with van der Waals surface area (Å²) in [6.45, 7) is 6.52. The first kappa shape index (κ1) is 30.3. The minimum absolute atomic E-state index is 0. The predicted molar refractivity (Wildman–Crippen MR) is 155 cm³/mol. The van der Waals surface area contributed by atoms with Crippen molar-refractivity contribution in [3.63, 3.8) is 0 Å². The number of aromatic nitrogens is 2. The molecule has 2 aliphatic rings. The van der Waals surface area contributed by atoms with Crippen molar-refractivity contribution in [2.24, 2.45) is 0 Å². The number of halogens is 2. The molecular formula is C34H40Br2N4. The molecule has 2 fully saturated rings. The number of hydrogen-bond acceptors (Lipinski definition) is 2. The Morgan fingerprint density at radius 3 is 1.23 bits per heavy atom. The van der Waals surface area contributed by atoms with Crippen molar-refractivity contribution < 1.29 is 43.1 Å². The van der Waals surface area contributed by atoms with Gasteiger partial charge in [-0.15, -0.1) is 0 Å². The highest BCUT2D eigenvalue weighted by molar-refractivity contribution is 5.64. The van der Waals surface area contributed by atoms with Crippen LogP contribution >= 0.6 is 0 Å². The highest BCUT2D eigenvalue weighted by Gasteiger charge is 2.14. The molecule has 0 unspecified atom stereocenters. The quantitative estimate of drug-likeness (QED) is 0.259. The summed E-state index contributed by atoms with van der Waals surface area (Å²) in [7, 11) is 0. The van der Waals surface area contributed by atoms with Crippen LogP contribution in [0.15, 0.2) is 97.6 Å². The van der Waals surface area contributed by atoms with E-state index in [-0.39, 0.29) is 34.0 Å². The van der Waals surface area contributed by atoms with Gasteiger partial charge in [-0.2, -0.15) is 0 Å². The van der Waals surface area contributed by atoms with E-state index in [2.05, 4.69) is 117 Å². The van der Waals surface area contributed by atoms with E-state index < -0.39 is 0 Å². The van der Waals surface area contributed by atoms with Crippen molar-refractivity contribution in [3.05, 3.63) is 109 Å². The minimum Gasteiger partial charge on any atom is -1.00 e. The topological polar surface area (TPSA) is 14.2 Å². The van der Waals surface area contributed by atoms with Crippen LogP contribution in [0.25, 0.3) is 11.1 Å². The second kappa shape index (κ2) is 14.8. The van der Waals surface area contributed by atoms with Crippen LogP contribution in [-0.4, -0.2) is 26.2 Å². The molecule has 0 spiro atoms. The van der Waals surface area contributed by atoms with Gasteiger partial charge in [0.2, 0.25) is 0 Å². The van der Waals surface area contributed by atoms with Gasteiger partial charge in [0, 0.05) is 72.9 Å².